The van der Waals surface area contributed by atoms with Gasteiger partial charge in [0.2, 0.25) is 17.7 Å². The minimum atomic E-state index is -0.686. The number of aromatic amines is 3. The zero-order chi connectivity index (χ0) is 71.1. The molecule has 7 aromatic heterocycles. The van der Waals surface area contributed by atoms with Crippen molar-refractivity contribution in [3.05, 3.63) is 64.0 Å². The maximum Gasteiger partial charge on any atom is 0.505 e. The molecule has 12 heterocycles. The van der Waals surface area contributed by atoms with Crippen molar-refractivity contribution in [1.29, 1.82) is 0 Å². The Hall–Kier alpha value is -6.13. The van der Waals surface area contributed by atoms with Crippen LogP contribution in [-0.4, -0.2) is 176 Å². The summed E-state index contributed by atoms with van der Waals surface area (Å²) in [4.78, 5) is 107. The molecule has 7 aromatic rings. The Labute approximate surface area is 602 Å². The summed E-state index contributed by atoms with van der Waals surface area (Å²) in [6, 6.07) is 6.22. The smallest absolute Gasteiger partial charge is 0.453 e. The number of amides is 6. The van der Waals surface area contributed by atoms with Crippen LogP contribution >= 0.6 is 67.9 Å². The molecule has 6 amide bonds. The molecule has 0 saturated carbocycles. The van der Waals surface area contributed by atoms with E-state index in [2.05, 4.69) is 153 Å². The number of carbonyl (C=O) groups excluding carboxylic acids is 6. The van der Waals surface area contributed by atoms with Crippen LogP contribution in [-0.2, 0) is 47.2 Å². The summed E-state index contributed by atoms with van der Waals surface area (Å²) in [6.07, 6.45) is 8.62. The number of nitrogens with zero attached hydrogens (tertiary/aromatic N) is 6. The molecule has 0 aromatic carbocycles. The van der Waals surface area contributed by atoms with Crippen LogP contribution in [0, 0.1) is 21.5 Å². The normalized spacial score (nSPS) is 20.9. The van der Waals surface area contributed by atoms with Crippen LogP contribution in [0.4, 0.5) is 14.4 Å². The van der Waals surface area contributed by atoms with Crippen molar-refractivity contribution in [3.63, 3.8) is 0 Å². The number of H-pyrrole nitrogens is 3. The molecule has 0 unspecified atom stereocenters. The molecule has 0 radical (unpaired) electrons. The number of alkyl carbamates (subject to hydrolysis) is 3. The van der Waals surface area contributed by atoms with E-state index in [0.29, 0.717) is 19.6 Å². The highest BCUT2D eigenvalue weighted by Crippen LogP contribution is 2.44. The number of rotatable bonds is 16. The fourth-order valence-electron chi connectivity index (χ4n) is 12.4. The molecule has 12 rings (SSSR count). The summed E-state index contributed by atoms with van der Waals surface area (Å²) in [5, 5.41) is 8.02. The molecule has 6 N–H and O–H groups in total. The van der Waals surface area contributed by atoms with Crippen molar-refractivity contribution >= 4 is 147 Å². The quantitative estimate of drug-likeness (QED) is 0.0298. The predicted molar refractivity (Wildman–Crippen MR) is 391 cm³/mol. The first-order valence-electron chi connectivity index (χ1n) is 33.3. The number of halogens is 1. The lowest BCUT2D eigenvalue weighted by molar-refractivity contribution is -0.136. The van der Waals surface area contributed by atoms with Gasteiger partial charge in [0.05, 0.1) is 105 Å². The third-order valence-corrected chi connectivity index (χ3v) is 24.7. The summed E-state index contributed by atoms with van der Waals surface area (Å²) in [7, 11) is 3.27. The number of nitrogens with one attached hydrogen (secondary N) is 6. The Morgan fingerprint density at radius 2 is 0.786 bits per heavy atom. The molecule has 0 aliphatic carbocycles. The summed E-state index contributed by atoms with van der Waals surface area (Å²) < 4.78 is 46.7. The topological polar surface area (TPSA) is 299 Å². The highest BCUT2D eigenvalue weighted by atomic mass is 127. The maximum absolute atomic E-state index is 13.5. The number of aromatic nitrogens is 6. The molecular weight excluding hydrogens is 1450 g/mol. The standard InChI is InChI=1S/C34H44N8O6S2.C18H26B2O4S2.C14H21IN4O3/c1-17(2)27(39-33(45)47-5)31(43)41-11-7-9-21(41)29-35-15-19(37-29)23-13-25-26(49-23)14-24(50-25)20-16-36-30(38-20)22-10-8-12-42(22)32(44)28(18(3)4)40-34(46)48-6;1-15(2)16(3,4)22-19(21-15)13-9-11-12(25-13)10-14(26-11)20-23-17(5,6)18(7,8)24-20;1-8(2)11(18-14(21)22-3)13(20)19-6-4-5-9(19)12-16-7-10(15)17-12/h13-18,21-22,27-28H,7-12H2,1-6H3,(H,35,37)(H,36,38)(H,39,45)(H,40,46);9-10H,1-8H3;7-9,11H,4-6H2,1-3H3,(H,16,17)(H,18,21)/t21-,22-,27-,28-;;9-,11-/m0.0/s1. The molecule has 530 valence electrons. The molecule has 98 heavy (non-hydrogen) atoms. The first-order chi connectivity index (χ1) is 46.2. The Morgan fingerprint density at radius 1 is 0.490 bits per heavy atom. The van der Waals surface area contributed by atoms with Crippen LogP contribution in [0.2, 0.25) is 0 Å². The zero-order valence-corrected chi connectivity index (χ0v) is 64.2. The number of methoxy groups -OCH3 is 3. The zero-order valence-electron chi connectivity index (χ0n) is 58.8. The van der Waals surface area contributed by atoms with E-state index in [-0.39, 0.29) is 90.2 Å². The first-order valence-corrected chi connectivity index (χ1v) is 37.6. The number of imidazole rings is 3. The first kappa shape index (κ1) is 74.6. The van der Waals surface area contributed by atoms with Gasteiger partial charge >= 0.3 is 32.5 Å². The molecule has 0 spiro atoms. The Morgan fingerprint density at radius 3 is 1.07 bits per heavy atom. The lowest BCUT2D eigenvalue weighted by atomic mass is 9.88. The minimum absolute atomic E-state index is 0.0235. The van der Waals surface area contributed by atoms with Crippen molar-refractivity contribution in [1.82, 2.24) is 60.6 Å². The van der Waals surface area contributed by atoms with Gasteiger partial charge in [-0.3, -0.25) is 14.4 Å². The summed E-state index contributed by atoms with van der Waals surface area (Å²) in [5.74, 6) is 1.67. The molecule has 5 aliphatic heterocycles. The van der Waals surface area contributed by atoms with Gasteiger partial charge in [-0.05, 0) is 159 Å². The van der Waals surface area contributed by atoms with Gasteiger partial charge in [0, 0.05) is 48.0 Å². The molecule has 0 bridgehead atoms. The van der Waals surface area contributed by atoms with E-state index in [1.807, 2.05) is 63.7 Å². The van der Waals surface area contributed by atoms with Gasteiger partial charge in [-0.1, -0.05) is 41.5 Å². The highest BCUT2D eigenvalue weighted by Gasteiger charge is 2.54. The summed E-state index contributed by atoms with van der Waals surface area (Å²) in [5.41, 5.74) is 0.509. The second kappa shape index (κ2) is 30.2. The highest BCUT2D eigenvalue weighted by molar-refractivity contribution is 14.1. The summed E-state index contributed by atoms with van der Waals surface area (Å²) >= 11 is 8.93. The van der Waals surface area contributed by atoms with E-state index in [1.54, 1.807) is 56.4 Å². The second-order valence-electron chi connectivity index (χ2n) is 28.3. The lowest BCUT2D eigenvalue weighted by Gasteiger charge is -2.32. The van der Waals surface area contributed by atoms with Gasteiger partial charge < -0.3 is 78.4 Å². The fourth-order valence-corrected chi connectivity index (χ4v) is 17.5. The molecule has 25 nitrogen and oxygen atoms in total. The number of likely N-dealkylation sites (tertiary alicyclic amines) is 3. The van der Waals surface area contributed by atoms with E-state index < -0.39 is 36.4 Å². The van der Waals surface area contributed by atoms with Gasteiger partial charge in [0.25, 0.3) is 0 Å². The van der Waals surface area contributed by atoms with E-state index in [4.69, 9.17) is 28.1 Å². The van der Waals surface area contributed by atoms with Crippen molar-refractivity contribution in [2.75, 3.05) is 41.0 Å². The average molecular weight is 1540 g/mol. The maximum atomic E-state index is 13.5. The van der Waals surface area contributed by atoms with Crippen molar-refractivity contribution in [2.24, 2.45) is 17.8 Å². The average Bonchev–Trinajstić information content (AvgIpc) is 1.61. The van der Waals surface area contributed by atoms with Crippen LogP contribution in [0.3, 0.4) is 0 Å². The molecule has 5 fully saturated rings. The van der Waals surface area contributed by atoms with Gasteiger partial charge in [-0.15, -0.1) is 45.3 Å². The SMILES string of the molecule is CC1(C)OB(c2cc3sc(B4OC(C)(C)C(C)(C)O4)cc3s2)OC1(C)C.COC(=O)N[C@H](C(=O)N1CCC[C@H]1c1ncc(-c2cc3sc(-c4cnc([C@@H]5CCCN5C(=O)[C@@H](NC(=O)OC)C(C)C)[nH]4)cc3s2)[nH]1)C(C)C.COC(=O)N[C@H](C(=O)N1CCC[C@H]1c1ncc(I)[nH]1)C(C)C. The largest absolute Gasteiger partial charge is 0.505 e. The Balaban J connectivity index is 0.000000180. The van der Waals surface area contributed by atoms with E-state index >= 15 is 0 Å². The van der Waals surface area contributed by atoms with Crippen molar-refractivity contribution in [2.45, 2.75) is 194 Å². The second-order valence-corrected chi connectivity index (χ2v) is 33.8. The van der Waals surface area contributed by atoms with Crippen LogP contribution in [0.1, 0.15) is 171 Å². The van der Waals surface area contributed by atoms with Crippen LogP contribution < -0.4 is 25.5 Å². The van der Waals surface area contributed by atoms with E-state index in [9.17, 15) is 28.8 Å². The Bertz CT molecular complexity index is 3720. The number of ether oxygens (including phenoxy) is 3. The number of thiophene rings is 4. The molecule has 5 saturated heterocycles. The van der Waals surface area contributed by atoms with Crippen LogP contribution in [0.25, 0.3) is 39.9 Å². The Kier molecular flexibility index (Phi) is 23.0. The lowest BCUT2D eigenvalue weighted by Crippen LogP contribution is -2.51. The predicted octanol–water partition coefficient (Wildman–Crippen LogP) is 11.5. The minimum Gasteiger partial charge on any atom is -0.453 e. The third kappa shape index (κ3) is 16.0. The number of fused-ring (bicyclic) bond motifs is 2. The van der Waals surface area contributed by atoms with Gasteiger partial charge in [-0.25, -0.2) is 29.3 Å². The van der Waals surface area contributed by atoms with E-state index in [0.717, 1.165) is 99.8 Å². The van der Waals surface area contributed by atoms with Crippen molar-refractivity contribution < 1.29 is 61.6 Å². The van der Waals surface area contributed by atoms with Gasteiger partial charge in [0.1, 0.15) is 35.6 Å². The van der Waals surface area contributed by atoms with Crippen LogP contribution in [0.5, 0.6) is 0 Å². The van der Waals surface area contributed by atoms with E-state index in [1.165, 1.54) is 30.7 Å². The number of carbonyl (C=O) groups is 6. The fraction of sp³-hybridized carbons (Fsp3) is 0.591. The summed E-state index contributed by atoms with van der Waals surface area (Å²) in [6.45, 7) is 29.9. The van der Waals surface area contributed by atoms with Crippen molar-refractivity contribution in [3.8, 4) is 21.1 Å². The molecule has 32 heteroatoms. The molecule has 5 aliphatic rings. The monoisotopic (exact) mass is 1540 g/mol. The molecular formula is C66H91B2IN12O13S4. The molecule has 6 atom stereocenters. The number of hydrogen-bond acceptors (Lipinski definition) is 20. The van der Waals surface area contributed by atoms with Gasteiger partial charge in [0.15, 0.2) is 0 Å². The van der Waals surface area contributed by atoms with Crippen LogP contribution in [0.15, 0.2) is 42.9 Å². The third-order valence-electron chi connectivity index (χ3n) is 19.4. The number of hydrogen-bond donors (Lipinski definition) is 6. The van der Waals surface area contributed by atoms with Gasteiger partial charge in [-0.2, -0.15) is 0 Å².